The van der Waals surface area contributed by atoms with Gasteiger partial charge in [-0.05, 0) is 19.9 Å². The lowest BCUT2D eigenvalue weighted by molar-refractivity contribution is 0.242. The van der Waals surface area contributed by atoms with Crippen molar-refractivity contribution in [2.75, 3.05) is 6.54 Å². The number of hydrogen-bond acceptors (Lipinski definition) is 4. The highest BCUT2D eigenvalue weighted by Crippen LogP contribution is 2.19. The van der Waals surface area contributed by atoms with Crippen LogP contribution in [0.15, 0.2) is 18.6 Å². The van der Waals surface area contributed by atoms with E-state index in [4.69, 9.17) is 0 Å². The lowest BCUT2D eigenvalue weighted by atomic mass is 10.1. The third-order valence-corrected chi connectivity index (χ3v) is 4.10. The van der Waals surface area contributed by atoms with E-state index in [0.29, 0.717) is 0 Å². The molecule has 4 rings (SSSR count). The Bertz CT molecular complexity index is 800. The van der Waals surface area contributed by atoms with Crippen molar-refractivity contribution in [3.8, 4) is 0 Å². The molecule has 0 amide bonds. The molecule has 1 N–H and O–H groups in total. The van der Waals surface area contributed by atoms with Gasteiger partial charge in [-0.15, -0.1) is 0 Å². The van der Waals surface area contributed by atoms with E-state index in [-0.39, 0.29) is 0 Å². The summed E-state index contributed by atoms with van der Waals surface area (Å²) in [5.41, 5.74) is 6.76. The molecule has 4 heterocycles. The Balaban J connectivity index is 1.63. The summed E-state index contributed by atoms with van der Waals surface area (Å²) in [7, 11) is 0. The second-order valence-corrected chi connectivity index (χ2v) is 5.73. The maximum absolute atomic E-state index is 4.65. The molecule has 0 saturated heterocycles. The van der Waals surface area contributed by atoms with Crippen LogP contribution in [0.4, 0.5) is 0 Å². The zero-order valence-electron chi connectivity index (χ0n) is 12.3. The molecule has 0 radical (unpaired) electrons. The summed E-state index contributed by atoms with van der Waals surface area (Å²) >= 11 is 0. The molecule has 21 heavy (non-hydrogen) atoms. The lowest BCUT2D eigenvalue weighted by Gasteiger charge is -2.25. The fraction of sp³-hybridized carbons (Fsp3) is 0.400. The first kappa shape index (κ1) is 12.5. The van der Waals surface area contributed by atoms with E-state index < -0.39 is 0 Å². The minimum absolute atomic E-state index is 0.873. The first-order chi connectivity index (χ1) is 10.2. The second-order valence-electron chi connectivity index (χ2n) is 5.73. The highest BCUT2D eigenvalue weighted by Gasteiger charge is 2.20. The molecule has 0 unspecified atom stereocenters. The summed E-state index contributed by atoms with van der Waals surface area (Å²) in [6, 6.07) is 2.06. The molecule has 0 spiro atoms. The third-order valence-electron chi connectivity index (χ3n) is 4.10. The van der Waals surface area contributed by atoms with Crippen molar-refractivity contribution in [1.29, 1.82) is 0 Å². The van der Waals surface area contributed by atoms with Crippen LogP contribution in [0.1, 0.15) is 28.3 Å². The van der Waals surface area contributed by atoms with Crippen molar-refractivity contribution >= 4 is 5.65 Å². The molecule has 6 heteroatoms. The van der Waals surface area contributed by atoms with E-state index in [9.17, 15) is 0 Å². The minimum atomic E-state index is 0.873. The van der Waals surface area contributed by atoms with Crippen LogP contribution in [-0.4, -0.2) is 36.0 Å². The van der Waals surface area contributed by atoms with Gasteiger partial charge in [-0.3, -0.25) is 4.90 Å². The van der Waals surface area contributed by atoms with E-state index in [2.05, 4.69) is 37.9 Å². The maximum Gasteiger partial charge on any atom is 0.159 e. The van der Waals surface area contributed by atoms with E-state index in [1.165, 1.54) is 17.0 Å². The number of aromatic nitrogens is 5. The van der Waals surface area contributed by atoms with Gasteiger partial charge in [0.2, 0.25) is 0 Å². The fourth-order valence-corrected chi connectivity index (χ4v) is 3.07. The van der Waals surface area contributed by atoms with Gasteiger partial charge in [0.1, 0.15) is 0 Å². The summed E-state index contributed by atoms with van der Waals surface area (Å²) in [5.74, 6) is 0. The summed E-state index contributed by atoms with van der Waals surface area (Å²) in [6.07, 6.45) is 4.73. The SMILES string of the molecule is Cc1cc(C)n2ncc(CN3CCc4nc[nH]c4C3)c2n1. The molecule has 6 nitrogen and oxygen atoms in total. The van der Waals surface area contributed by atoms with Crippen LogP contribution < -0.4 is 0 Å². The van der Waals surface area contributed by atoms with Crippen LogP contribution in [-0.2, 0) is 19.5 Å². The van der Waals surface area contributed by atoms with Crippen LogP contribution >= 0.6 is 0 Å². The number of H-pyrrole nitrogens is 1. The summed E-state index contributed by atoms with van der Waals surface area (Å²) in [6.45, 7) is 6.91. The van der Waals surface area contributed by atoms with Crippen LogP contribution in [0.5, 0.6) is 0 Å². The van der Waals surface area contributed by atoms with Gasteiger partial charge in [-0.1, -0.05) is 0 Å². The highest BCUT2D eigenvalue weighted by atomic mass is 15.3. The van der Waals surface area contributed by atoms with Crippen LogP contribution in [0.3, 0.4) is 0 Å². The Labute approximate surface area is 122 Å². The van der Waals surface area contributed by atoms with Crippen molar-refractivity contribution in [3.05, 3.63) is 46.9 Å². The highest BCUT2D eigenvalue weighted by molar-refractivity contribution is 5.47. The van der Waals surface area contributed by atoms with Gasteiger partial charge in [-0.2, -0.15) is 5.10 Å². The number of hydrogen-bond donors (Lipinski definition) is 1. The molecule has 0 aromatic carbocycles. The molecule has 0 atom stereocenters. The van der Waals surface area contributed by atoms with Crippen molar-refractivity contribution < 1.29 is 0 Å². The third kappa shape index (κ3) is 2.12. The molecule has 1 aliphatic heterocycles. The Morgan fingerprint density at radius 2 is 2.24 bits per heavy atom. The number of fused-ring (bicyclic) bond motifs is 2. The smallest absolute Gasteiger partial charge is 0.159 e. The first-order valence-electron chi connectivity index (χ1n) is 7.25. The molecule has 3 aromatic heterocycles. The number of aryl methyl sites for hydroxylation is 2. The average Bonchev–Trinajstić information content (AvgIpc) is 3.06. The van der Waals surface area contributed by atoms with Gasteiger partial charge in [0.15, 0.2) is 5.65 Å². The van der Waals surface area contributed by atoms with Crippen molar-refractivity contribution in [1.82, 2.24) is 29.5 Å². The number of nitrogens with zero attached hydrogens (tertiary/aromatic N) is 5. The van der Waals surface area contributed by atoms with Crippen LogP contribution in [0.25, 0.3) is 5.65 Å². The van der Waals surface area contributed by atoms with Gasteiger partial charge in [0.25, 0.3) is 0 Å². The number of nitrogens with one attached hydrogen (secondary N) is 1. The molecule has 0 fully saturated rings. The molecule has 1 aliphatic rings. The summed E-state index contributed by atoms with van der Waals surface area (Å²) < 4.78 is 1.92. The van der Waals surface area contributed by atoms with Crippen LogP contribution in [0, 0.1) is 13.8 Å². The lowest BCUT2D eigenvalue weighted by Crippen LogP contribution is -2.30. The van der Waals surface area contributed by atoms with E-state index in [1.807, 2.05) is 17.6 Å². The van der Waals surface area contributed by atoms with E-state index in [0.717, 1.165) is 43.1 Å². The largest absolute Gasteiger partial charge is 0.347 e. The van der Waals surface area contributed by atoms with Crippen molar-refractivity contribution in [2.24, 2.45) is 0 Å². The maximum atomic E-state index is 4.65. The quantitative estimate of drug-likeness (QED) is 0.776. The van der Waals surface area contributed by atoms with Crippen molar-refractivity contribution in [2.45, 2.75) is 33.4 Å². The Kier molecular flexibility index (Phi) is 2.78. The Hall–Kier alpha value is -2.21. The van der Waals surface area contributed by atoms with E-state index >= 15 is 0 Å². The summed E-state index contributed by atoms with van der Waals surface area (Å²) in [4.78, 5) is 14.6. The van der Waals surface area contributed by atoms with Gasteiger partial charge in [0, 0.05) is 43.0 Å². The Morgan fingerprint density at radius 1 is 1.33 bits per heavy atom. The zero-order valence-corrected chi connectivity index (χ0v) is 12.3. The monoisotopic (exact) mass is 282 g/mol. The molecular weight excluding hydrogens is 264 g/mol. The molecule has 3 aromatic rings. The molecule has 0 saturated carbocycles. The topological polar surface area (TPSA) is 62.1 Å². The number of imidazole rings is 1. The van der Waals surface area contributed by atoms with E-state index in [1.54, 1.807) is 6.33 Å². The number of aromatic amines is 1. The number of rotatable bonds is 2. The second kappa shape index (κ2) is 4.66. The van der Waals surface area contributed by atoms with Crippen molar-refractivity contribution in [3.63, 3.8) is 0 Å². The molecule has 0 bridgehead atoms. The van der Waals surface area contributed by atoms with Gasteiger partial charge in [-0.25, -0.2) is 14.5 Å². The molecule has 0 aliphatic carbocycles. The normalized spacial score (nSPS) is 15.5. The first-order valence-corrected chi connectivity index (χ1v) is 7.25. The molecular formula is C15H18N6. The van der Waals surface area contributed by atoms with Crippen LogP contribution in [0.2, 0.25) is 0 Å². The minimum Gasteiger partial charge on any atom is -0.347 e. The summed E-state index contributed by atoms with van der Waals surface area (Å²) in [5, 5.41) is 4.47. The van der Waals surface area contributed by atoms with Gasteiger partial charge in [0.05, 0.1) is 23.9 Å². The average molecular weight is 282 g/mol. The Morgan fingerprint density at radius 3 is 3.14 bits per heavy atom. The van der Waals surface area contributed by atoms with Gasteiger partial charge < -0.3 is 4.98 Å². The molecule has 108 valence electrons. The fourth-order valence-electron chi connectivity index (χ4n) is 3.07. The standard InChI is InChI=1S/C15H18N6/c1-10-5-11(2)21-15(19-10)12(6-18-21)7-20-4-3-13-14(8-20)17-9-16-13/h5-6,9H,3-4,7-8H2,1-2H3,(H,16,17). The predicted molar refractivity (Wildman–Crippen MR) is 78.9 cm³/mol. The predicted octanol–water partition coefficient (Wildman–Crippen LogP) is 1.63. The van der Waals surface area contributed by atoms with Gasteiger partial charge >= 0.3 is 0 Å². The zero-order chi connectivity index (χ0) is 14.4.